The molecule has 0 bridgehead atoms. The smallest absolute Gasteiger partial charge is 0.331 e. The highest BCUT2D eigenvalue weighted by molar-refractivity contribution is 5.92. The molecule has 23 heavy (non-hydrogen) atoms. The van der Waals surface area contributed by atoms with E-state index in [4.69, 9.17) is 9.84 Å². The Morgan fingerprint density at radius 3 is 2.52 bits per heavy atom. The van der Waals surface area contributed by atoms with Crippen LogP contribution in [0, 0.1) is 5.92 Å². The number of nitrogens with one attached hydrogen (secondary N) is 1. The summed E-state index contributed by atoms with van der Waals surface area (Å²) < 4.78 is 5.20. The lowest BCUT2D eigenvalue weighted by Crippen LogP contribution is -2.15. The van der Waals surface area contributed by atoms with Crippen LogP contribution in [-0.4, -0.2) is 24.1 Å². The molecule has 5 heteroatoms. The number of hydrogen-bond acceptors (Lipinski definition) is 3. The van der Waals surface area contributed by atoms with Gasteiger partial charge in [-0.2, -0.15) is 0 Å². The van der Waals surface area contributed by atoms with Crippen molar-refractivity contribution in [2.45, 2.75) is 40.0 Å². The van der Waals surface area contributed by atoms with Crippen molar-refractivity contribution in [3.05, 3.63) is 35.4 Å². The number of rotatable bonds is 8. The van der Waals surface area contributed by atoms with Gasteiger partial charge in [-0.3, -0.25) is 4.79 Å². The van der Waals surface area contributed by atoms with Crippen LogP contribution in [0.15, 0.2) is 35.4 Å². The fraction of sp³-hybridized carbons (Fsp3) is 0.444. The first-order valence-corrected chi connectivity index (χ1v) is 7.67. The number of carbonyl (C=O) groups excluding carboxylic acids is 1. The van der Waals surface area contributed by atoms with Gasteiger partial charge in [0.05, 0.1) is 12.8 Å². The highest BCUT2D eigenvalue weighted by Gasteiger charge is 2.13. The van der Waals surface area contributed by atoms with Crippen LogP contribution in [0.3, 0.4) is 0 Å². The molecule has 126 valence electrons. The molecule has 0 radical (unpaired) electrons. The van der Waals surface area contributed by atoms with Gasteiger partial charge < -0.3 is 15.2 Å². The van der Waals surface area contributed by atoms with Gasteiger partial charge in [-0.1, -0.05) is 24.6 Å². The molecule has 1 aromatic carbocycles. The number of para-hydroxylation sites is 2. The fourth-order valence-corrected chi connectivity index (χ4v) is 2.20. The molecule has 1 unspecified atom stereocenters. The van der Waals surface area contributed by atoms with Crippen LogP contribution in [0.25, 0.3) is 0 Å². The third-order valence-corrected chi connectivity index (χ3v) is 3.89. The zero-order valence-electron chi connectivity index (χ0n) is 14.2. The molecular weight excluding hydrogens is 294 g/mol. The molecule has 1 aromatic rings. The molecule has 0 saturated heterocycles. The number of carbonyl (C=O) groups is 2. The van der Waals surface area contributed by atoms with E-state index in [1.54, 1.807) is 26.2 Å². The Hall–Kier alpha value is -2.30. The number of aliphatic carboxylic acids is 1. The molecule has 5 nitrogen and oxygen atoms in total. The predicted molar refractivity (Wildman–Crippen MR) is 90.6 cm³/mol. The van der Waals surface area contributed by atoms with Gasteiger partial charge in [0.15, 0.2) is 0 Å². The van der Waals surface area contributed by atoms with E-state index >= 15 is 0 Å². The maximum absolute atomic E-state index is 12.1. The number of hydrogen-bond donors (Lipinski definition) is 2. The molecule has 0 aromatic heterocycles. The second kappa shape index (κ2) is 8.98. The van der Waals surface area contributed by atoms with Crippen LogP contribution in [-0.2, 0) is 9.59 Å². The zero-order valence-corrected chi connectivity index (χ0v) is 14.2. The van der Waals surface area contributed by atoms with E-state index in [1.165, 1.54) is 0 Å². The van der Waals surface area contributed by atoms with Gasteiger partial charge in [0.2, 0.25) is 5.91 Å². The van der Waals surface area contributed by atoms with Crippen molar-refractivity contribution in [2.75, 3.05) is 12.4 Å². The number of allylic oxidation sites excluding steroid dienone is 1. The van der Waals surface area contributed by atoms with Crippen molar-refractivity contribution in [2.24, 2.45) is 5.92 Å². The van der Waals surface area contributed by atoms with Crippen LogP contribution in [0.2, 0.25) is 0 Å². The Morgan fingerprint density at radius 1 is 1.26 bits per heavy atom. The van der Waals surface area contributed by atoms with Crippen molar-refractivity contribution in [1.29, 1.82) is 0 Å². The minimum absolute atomic E-state index is 0.0708. The third-order valence-electron chi connectivity index (χ3n) is 3.89. The monoisotopic (exact) mass is 319 g/mol. The van der Waals surface area contributed by atoms with Gasteiger partial charge in [-0.25, -0.2) is 4.79 Å². The van der Waals surface area contributed by atoms with E-state index in [0.29, 0.717) is 29.9 Å². The van der Waals surface area contributed by atoms with Crippen LogP contribution >= 0.6 is 0 Å². The number of amides is 1. The average molecular weight is 319 g/mol. The Labute approximate surface area is 137 Å². The van der Waals surface area contributed by atoms with E-state index in [2.05, 4.69) is 5.32 Å². The zero-order chi connectivity index (χ0) is 17.4. The summed E-state index contributed by atoms with van der Waals surface area (Å²) in [5.74, 6) is -0.159. The van der Waals surface area contributed by atoms with E-state index in [-0.39, 0.29) is 11.8 Å². The molecule has 0 aliphatic heterocycles. The second-order valence-electron chi connectivity index (χ2n) is 5.81. The summed E-state index contributed by atoms with van der Waals surface area (Å²) in [6.45, 7) is 5.42. The molecule has 0 saturated carbocycles. The van der Waals surface area contributed by atoms with Gasteiger partial charge >= 0.3 is 5.97 Å². The molecule has 0 aliphatic rings. The summed E-state index contributed by atoms with van der Waals surface area (Å²) in [7, 11) is 1.56. The lowest BCUT2D eigenvalue weighted by molar-refractivity contribution is -0.132. The normalized spacial score (nSPS) is 13.0. The molecule has 1 amide bonds. The van der Waals surface area contributed by atoms with Gasteiger partial charge in [-0.05, 0) is 44.7 Å². The molecule has 0 fully saturated rings. The summed E-state index contributed by atoms with van der Waals surface area (Å²) in [5, 5.41) is 11.8. The molecular formula is C18H25NO4. The van der Waals surface area contributed by atoms with Crippen molar-refractivity contribution >= 4 is 17.6 Å². The fourth-order valence-electron chi connectivity index (χ4n) is 2.20. The van der Waals surface area contributed by atoms with Crippen molar-refractivity contribution in [3.8, 4) is 5.75 Å². The molecule has 1 rings (SSSR count). The summed E-state index contributed by atoms with van der Waals surface area (Å²) in [6, 6.07) is 7.27. The maximum Gasteiger partial charge on any atom is 0.331 e. The number of anilines is 1. The standard InChI is InChI=1S/C18H25NO4/c1-12(9-10-13(2)14(3)18(21)22)11-17(20)19-15-7-5-6-8-16(15)23-4/h5-8,12H,9-11H2,1-4H3,(H,19,20)(H,21,22)/b14-13+. The number of carboxylic acids is 1. The minimum atomic E-state index is -0.885. The molecule has 2 N–H and O–H groups in total. The number of methoxy groups -OCH3 is 1. The van der Waals surface area contributed by atoms with Gasteiger partial charge in [0.1, 0.15) is 5.75 Å². The van der Waals surface area contributed by atoms with E-state index < -0.39 is 5.97 Å². The summed E-state index contributed by atoms with van der Waals surface area (Å²) in [4.78, 5) is 23.0. The first-order valence-electron chi connectivity index (χ1n) is 7.67. The van der Waals surface area contributed by atoms with Crippen LogP contribution in [0.4, 0.5) is 5.69 Å². The lowest BCUT2D eigenvalue weighted by atomic mass is 9.96. The Balaban J connectivity index is 2.51. The highest BCUT2D eigenvalue weighted by atomic mass is 16.5. The predicted octanol–water partition coefficient (Wildman–Crippen LogP) is 3.86. The van der Waals surface area contributed by atoms with E-state index in [1.807, 2.05) is 26.0 Å². The van der Waals surface area contributed by atoms with Gasteiger partial charge in [-0.15, -0.1) is 0 Å². The van der Waals surface area contributed by atoms with Crippen molar-refractivity contribution in [1.82, 2.24) is 0 Å². The van der Waals surface area contributed by atoms with Crippen molar-refractivity contribution < 1.29 is 19.4 Å². The van der Waals surface area contributed by atoms with Crippen molar-refractivity contribution in [3.63, 3.8) is 0 Å². The quantitative estimate of drug-likeness (QED) is 0.713. The topological polar surface area (TPSA) is 75.6 Å². The maximum atomic E-state index is 12.1. The number of carboxylic acid groups (broad SMARTS) is 1. The summed E-state index contributed by atoms with van der Waals surface area (Å²) >= 11 is 0. The number of benzene rings is 1. The van der Waals surface area contributed by atoms with E-state index in [9.17, 15) is 9.59 Å². The summed E-state index contributed by atoms with van der Waals surface area (Å²) in [5.41, 5.74) is 1.90. The first kappa shape index (κ1) is 18.7. The Morgan fingerprint density at radius 2 is 1.91 bits per heavy atom. The van der Waals surface area contributed by atoms with Crippen LogP contribution in [0.5, 0.6) is 5.75 Å². The minimum Gasteiger partial charge on any atom is -0.495 e. The molecule has 0 aliphatic carbocycles. The largest absolute Gasteiger partial charge is 0.495 e. The second-order valence-corrected chi connectivity index (χ2v) is 5.81. The highest BCUT2D eigenvalue weighted by Crippen LogP contribution is 2.24. The Bertz CT molecular complexity index is 592. The lowest BCUT2D eigenvalue weighted by Gasteiger charge is -2.14. The van der Waals surface area contributed by atoms with Crippen LogP contribution < -0.4 is 10.1 Å². The summed E-state index contributed by atoms with van der Waals surface area (Å²) in [6.07, 6.45) is 1.84. The Kier molecular flexibility index (Phi) is 7.32. The van der Waals surface area contributed by atoms with Gasteiger partial charge in [0, 0.05) is 12.0 Å². The third kappa shape index (κ3) is 6.14. The molecule has 0 spiro atoms. The number of ether oxygens (including phenoxy) is 1. The molecule has 1 atom stereocenters. The van der Waals surface area contributed by atoms with Gasteiger partial charge in [0.25, 0.3) is 0 Å². The van der Waals surface area contributed by atoms with E-state index in [0.717, 1.165) is 12.0 Å². The first-order chi connectivity index (χ1) is 10.8. The van der Waals surface area contributed by atoms with Crippen LogP contribution in [0.1, 0.15) is 40.0 Å². The average Bonchev–Trinajstić information content (AvgIpc) is 2.52. The molecule has 0 heterocycles. The SMILES string of the molecule is COc1ccccc1NC(=O)CC(C)CC/C(C)=C(\C)C(=O)O.